The van der Waals surface area contributed by atoms with E-state index in [1.54, 1.807) is 10.9 Å². The number of anilines is 1. The summed E-state index contributed by atoms with van der Waals surface area (Å²) < 4.78 is 7.58. The Morgan fingerprint density at radius 3 is 2.72 bits per heavy atom. The third kappa shape index (κ3) is 3.66. The highest BCUT2D eigenvalue weighted by Gasteiger charge is 2.29. The Morgan fingerprint density at radius 1 is 1.32 bits per heavy atom. The highest BCUT2D eigenvalue weighted by atomic mass is 16.5. The predicted molar refractivity (Wildman–Crippen MR) is 95.8 cm³/mol. The summed E-state index contributed by atoms with van der Waals surface area (Å²) in [7, 11) is 5.83. The molecule has 0 spiro atoms. The van der Waals surface area contributed by atoms with E-state index in [-0.39, 0.29) is 12.0 Å². The molecular weight excluding hydrogens is 318 g/mol. The normalized spacial score (nSPS) is 17.6. The molecule has 0 radical (unpaired) electrons. The van der Waals surface area contributed by atoms with Gasteiger partial charge in [0.2, 0.25) is 0 Å². The molecule has 0 bridgehead atoms. The van der Waals surface area contributed by atoms with Crippen LogP contribution in [0.15, 0.2) is 18.3 Å². The number of ether oxygens (including phenoxy) is 1. The van der Waals surface area contributed by atoms with Crippen molar-refractivity contribution < 1.29 is 9.53 Å². The van der Waals surface area contributed by atoms with Crippen molar-refractivity contribution in [2.75, 3.05) is 38.7 Å². The van der Waals surface area contributed by atoms with Gasteiger partial charge in [-0.15, -0.1) is 0 Å². The first-order chi connectivity index (χ1) is 11.8. The van der Waals surface area contributed by atoms with Crippen molar-refractivity contribution >= 4 is 11.6 Å². The molecule has 3 rings (SSSR count). The van der Waals surface area contributed by atoms with Crippen LogP contribution in [0.5, 0.6) is 0 Å². The number of nitrogens with zero attached hydrogens (tertiary/aromatic N) is 5. The smallest absolute Gasteiger partial charge is 0.257 e. The van der Waals surface area contributed by atoms with Crippen LogP contribution in [0.2, 0.25) is 0 Å². The van der Waals surface area contributed by atoms with Crippen LogP contribution in [0, 0.1) is 13.8 Å². The molecule has 0 saturated carbocycles. The second-order valence-electron chi connectivity index (χ2n) is 6.70. The van der Waals surface area contributed by atoms with E-state index in [1.807, 2.05) is 56.9 Å². The zero-order chi connectivity index (χ0) is 18.1. The van der Waals surface area contributed by atoms with E-state index in [9.17, 15) is 4.79 Å². The van der Waals surface area contributed by atoms with Crippen molar-refractivity contribution in [2.45, 2.75) is 20.0 Å². The van der Waals surface area contributed by atoms with Gasteiger partial charge < -0.3 is 14.5 Å². The van der Waals surface area contributed by atoms with E-state index < -0.39 is 0 Å². The molecule has 0 aromatic carbocycles. The Balaban J connectivity index is 1.82. The van der Waals surface area contributed by atoms with Crippen molar-refractivity contribution in [3.8, 4) is 0 Å². The van der Waals surface area contributed by atoms with E-state index in [0.29, 0.717) is 25.3 Å². The largest absolute Gasteiger partial charge is 0.378 e. The molecule has 0 N–H and O–H groups in total. The zero-order valence-corrected chi connectivity index (χ0v) is 15.5. The third-order valence-corrected chi connectivity index (χ3v) is 4.40. The molecule has 0 aliphatic carbocycles. The topological polar surface area (TPSA) is 63.5 Å². The van der Waals surface area contributed by atoms with Gasteiger partial charge in [0.15, 0.2) is 0 Å². The standard InChI is InChI=1S/C18H25N5O2/c1-12-8-14(21(3)4)9-16(19-12)17-11-23(6-7-25-17)18(24)15-10-22(5)20-13(15)2/h8-10,17H,6-7,11H2,1-5H3/t17-/m0/s1. The summed E-state index contributed by atoms with van der Waals surface area (Å²) in [6.45, 7) is 5.41. The Hall–Kier alpha value is -2.41. The van der Waals surface area contributed by atoms with E-state index in [0.717, 1.165) is 22.8 Å². The predicted octanol–water partition coefficient (Wildman–Crippen LogP) is 1.71. The summed E-state index contributed by atoms with van der Waals surface area (Å²) in [6, 6.07) is 4.06. The lowest BCUT2D eigenvalue weighted by molar-refractivity contribution is -0.0247. The molecule has 7 nitrogen and oxygen atoms in total. The lowest BCUT2D eigenvalue weighted by Gasteiger charge is -2.33. The highest BCUT2D eigenvalue weighted by molar-refractivity contribution is 5.95. The van der Waals surface area contributed by atoms with Gasteiger partial charge in [-0.05, 0) is 26.0 Å². The van der Waals surface area contributed by atoms with Crippen LogP contribution in [-0.4, -0.2) is 59.4 Å². The Labute approximate surface area is 148 Å². The van der Waals surface area contributed by atoms with Gasteiger partial charge in [0.1, 0.15) is 6.10 Å². The fourth-order valence-corrected chi connectivity index (χ4v) is 3.09. The lowest BCUT2D eigenvalue weighted by Crippen LogP contribution is -2.42. The summed E-state index contributed by atoms with van der Waals surface area (Å²) >= 11 is 0. The zero-order valence-electron chi connectivity index (χ0n) is 15.5. The van der Waals surface area contributed by atoms with Crippen molar-refractivity contribution in [2.24, 2.45) is 7.05 Å². The Morgan fingerprint density at radius 2 is 2.08 bits per heavy atom. The number of pyridine rings is 1. The maximum Gasteiger partial charge on any atom is 0.257 e. The number of hydrogen-bond donors (Lipinski definition) is 0. The summed E-state index contributed by atoms with van der Waals surface area (Å²) in [5.41, 5.74) is 4.28. The van der Waals surface area contributed by atoms with Gasteiger partial charge in [-0.25, -0.2) is 0 Å². The number of rotatable bonds is 3. The number of hydrogen-bond acceptors (Lipinski definition) is 5. The first-order valence-electron chi connectivity index (χ1n) is 8.42. The maximum absolute atomic E-state index is 12.8. The molecule has 1 fully saturated rings. The van der Waals surface area contributed by atoms with Crippen molar-refractivity contribution in [1.82, 2.24) is 19.7 Å². The summed E-state index contributed by atoms with van der Waals surface area (Å²) in [5.74, 6) is -0.000568. The molecule has 1 atom stereocenters. The molecule has 1 saturated heterocycles. The summed E-state index contributed by atoms with van der Waals surface area (Å²) in [5, 5.41) is 4.27. The molecular formula is C18H25N5O2. The number of aryl methyl sites for hydroxylation is 3. The molecule has 1 amide bonds. The van der Waals surface area contributed by atoms with E-state index in [2.05, 4.69) is 10.1 Å². The molecule has 3 heterocycles. The van der Waals surface area contributed by atoms with Crippen LogP contribution in [0.1, 0.15) is 33.5 Å². The number of carbonyl (C=O) groups excluding carboxylic acids is 1. The van der Waals surface area contributed by atoms with Crippen LogP contribution in [-0.2, 0) is 11.8 Å². The van der Waals surface area contributed by atoms with Gasteiger partial charge in [0.25, 0.3) is 5.91 Å². The molecule has 2 aromatic rings. The van der Waals surface area contributed by atoms with E-state index in [1.165, 1.54) is 0 Å². The molecule has 7 heteroatoms. The van der Waals surface area contributed by atoms with Gasteiger partial charge in [-0.1, -0.05) is 0 Å². The van der Waals surface area contributed by atoms with Gasteiger partial charge >= 0.3 is 0 Å². The fourth-order valence-electron chi connectivity index (χ4n) is 3.09. The maximum atomic E-state index is 12.8. The van der Waals surface area contributed by atoms with Gasteiger partial charge in [-0.2, -0.15) is 5.10 Å². The van der Waals surface area contributed by atoms with Crippen LogP contribution < -0.4 is 4.90 Å². The highest BCUT2D eigenvalue weighted by Crippen LogP contribution is 2.26. The van der Waals surface area contributed by atoms with Crippen LogP contribution >= 0.6 is 0 Å². The number of aromatic nitrogens is 3. The number of carbonyl (C=O) groups is 1. The molecule has 134 valence electrons. The summed E-state index contributed by atoms with van der Waals surface area (Å²) in [6.07, 6.45) is 1.56. The van der Waals surface area contributed by atoms with E-state index >= 15 is 0 Å². The van der Waals surface area contributed by atoms with Crippen molar-refractivity contribution in [1.29, 1.82) is 0 Å². The third-order valence-electron chi connectivity index (χ3n) is 4.40. The van der Waals surface area contributed by atoms with Crippen LogP contribution in [0.3, 0.4) is 0 Å². The van der Waals surface area contributed by atoms with Gasteiger partial charge in [-0.3, -0.25) is 14.5 Å². The fraction of sp³-hybridized carbons (Fsp3) is 0.500. The molecule has 1 aliphatic rings. The number of amides is 1. The van der Waals surface area contributed by atoms with Crippen LogP contribution in [0.25, 0.3) is 0 Å². The quantitative estimate of drug-likeness (QED) is 0.849. The first-order valence-corrected chi connectivity index (χ1v) is 8.42. The second kappa shape index (κ2) is 6.84. The monoisotopic (exact) mass is 343 g/mol. The van der Waals surface area contributed by atoms with Crippen molar-refractivity contribution in [3.05, 3.63) is 41.0 Å². The van der Waals surface area contributed by atoms with Crippen LogP contribution in [0.4, 0.5) is 5.69 Å². The van der Waals surface area contributed by atoms with Gasteiger partial charge in [0.05, 0.1) is 30.1 Å². The van der Waals surface area contributed by atoms with Gasteiger partial charge in [0, 0.05) is 45.3 Å². The van der Waals surface area contributed by atoms with Crippen molar-refractivity contribution in [3.63, 3.8) is 0 Å². The Kier molecular flexibility index (Phi) is 4.76. The molecule has 2 aromatic heterocycles. The average Bonchev–Trinajstić information content (AvgIpc) is 2.92. The lowest BCUT2D eigenvalue weighted by atomic mass is 10.1. The minimum atomic E-state index is -0.215. The summed E-state index contributed by atoms with van der Waals surface area (Å²) in [4.78, 5) is 21.3. The molecule has 0 unspecified atom stereocenters. The minimum Gasteiger partial charge on any atom is -0.378 e. The average molecular weight is 343 g/mol. The minimum absolute atomic E-state index is 0.000568. The number of morpholine rings is 1. The first kappa shape index (κ1) is 17.4. The Bertz CT molecular complexity index is 784. The SMILES string of the molecule is Cc1cc(N(C)C)cc([C@@H]2CN(C(=O)c3cn(C)nc3C)CCO2)n1. The second-order valence-corrected chi connectivity index (χ2v) is 6.70. The molecule has 1 aliphatic heterocycles. The molecule has 25 heavy (non-hydrogen) atoms. The van der Waals surface area contributed by atoms with E-state index in [4.69, 9.17) is 4.74 Å².